The molecular weight excluding hydrogens is 1170 g/mol. The molecule has 0 N–H and O–H groups in total. The highest BCUT2D eigenvalue weighted by atomic mass is 16.7. The smallest absolute Gasteiger partial charge is 0.306 e. The first kappa shape index (κ1) is 89.6. The van der Waals surface area contributed by atoms with Crippen LogP contribution in [0, 0.1) is 0 Å². The standard InChI is InChI=1S/C86H141NO8/c1-6-8-10-12-14-16-18-20-22-24-26-28-30-32-34-36-38-40-42-44-46-48-50-52-54-56-58-60-62-64-66-68-70-72-74-76-83(88)93-80-82(81-94-86(85(90)91)92-79-78-87(3,4)5)95-84(89)77-75-73-71-69-67-65-63-61-59-57-55-53-51-49-47-45-43-41-39-37-35-33-31-29-27-25-23-21-19-17-15-13-11-9-7-2/h8-11,14-17,20-23,26-29,32-35,38-41,44-47,82,86H,6-7,12-13,18-19,24-25,30-31,36-37,42-43,48-81H2,1-5H3/b10-8-,11-9-,16-14-,17-15-,22-20-,23-21-,28-26-,29-27-,34-32-,35-33-,40-38-,41-39-,46-44-,47-45-. The van der Waals surface area contributed by atoms with Crippen molar-refractivity contribution in [2.24, 2.45) is 0 Å². The number of esters is 2. The van der Waals surface area contributed by atoms with Crippen molar-refractivity contribution in [3.63, 3.8) is 0 Å². The predicted octanol–water partition coefficient (Wildman–Crippen LogP) is 23.2. The Morgan fingerprint density at radius 3 is 0.842 bits per heavy atom. The number of nitrogens with zero attached hydrogens (tertiary/aromatic N) is 1. The average Bonchev–Trinajstić information content (AvgIpc) is 2.94. The first-order valence-electron chi connectivity index (χ1n) is 38.3. The van der Waals surface area contributed by atoms with Crippen LogP contribution in [0.2, 0.25) is 0 Å². The fourth-order valence-corrected chi connectivity index (χ4v) is 10.2. The van der Waals surface area contributed by atoms with E-state index >= 15 is 0 Å². The lowest BCUT2D eigenvalue weighted by molar-refractivity contribution is -0.870. The normalized spacial score (nSPS) is 13.7. The molecule has 0 aromatic rings. The molecule has 0 rings (SSSR count). The lowest BCUT2D eigenvalue weighted by atomic mass is 10.0. The maximum atomic E-state index is 13.0. The number of ether oxygens (including phenoxy) is 4. The molecule has 538 valence electrons. The van der Waals surface area contributed by atoms with Crippen molar-refractivity contribution in [3.05, 3.63) is 170 Å². The fraction of sp³-hybridized carbons (Fsp3) is 0.640. The first-order chi connectivity index (χ1) is 46.6. The minimum absolute atomic E-state index is 0.140. The maximum Gasteiger partial charge on any atom is 0.306 e. The molecule has 2 unspecified atom stereocenters. The summed E-state index contributed by atoms with van der Waals surface area (Å²) < 4.78 is 22.8. The van der Waals surface area contributed by atoms with Gasteiger partial charge in [0.05, 0.1) is 40.3 Å². The number of carboxylic acid groups (broad SMARTS) is 1. The number of likely N-dealkylation sites (N-methyl/N-ethyl adjacent to an activating group) is 1. The zero-order valence-electron chi connectivity index (χ0n) is 61.5. The van der Waals surface area contributed by atoms with Crippen molar-refractivity contribution in [1.29, 1.82) is 0 Å². The van der Waals surface area contributed by atoms with E-state index < -0.39 is 24.3 Å². The van der Waals surface area contributed by atoms with Crippen molar-refractivity contribution >= 4 is 17.9 Å². The second-order valence-corrected chi connectivity index (χ2v) is 26.2. The third kappa shape index (κ3) is 75.9. The number of carbonyl (C=O) groups excluding carboxylic acids is 3. The molecule has 0 aromatic heterocycles. The molecule has 0 aliphatic heterocycles. The van der Waals surface area contributed by atoms with Gasteiger partial charge in [0.15, 0.2) is 12.4 Å². The summed E-state index contributed by atoms with van der Waals surface area (Å²) in [6.45, 7) is 4.52. The van der Waals surface area contributed by atoms with Crippen LogP contribution in [0.25, 0.3) is 0 Å². The van der Waals surface area contributed by atoms with Crippen LogP contribution < -0.4 is 5.11 Å². The quantitative estimate of drug-likeness (QED) is 0.0195. The lowest BCUT2D eigenvalue weighted by Gasteiger charge is -2.26. The van der Waals surface area contributed by atoms with Crippen LogP contribution in [0.3, 0.4) is 0 Å². The Kier molecular flexibility index (Phi) is 70.2. The summed E-state index contributed by atoms with van der Waals surface area (Å²) in [4.78, 5) is 37.6. The molecule has 0 radical (unpaired) electrons. The highest BCUT2D eigenvalue weighted by Gasteiger charge is 2.22. The monoisotopic (exact) mass is 1320 g/mol. The van der Waals surface area contributed by atoms with Gasteiger partial charge in [-0.25, -0.2) is 0 Å². The Bertz CT molecular complexity index is 2170. The van der Waals surface area contributed by atoms with E-state index in [1.807, 2.05) is 21.1 Å². The molecule has 0 saturated carbocycles. The van der Waals surface area contributed by atoms with Gasteiger partial charge in [-0.2, -0.15) is 0 Å². The molecule has 9 nitrogen and oxygen atoms in total. The molecule has 0 aliphatic rings. The summed E-state index contributed by atoms with van der Waals surface area (Å²) in [6.07, 6.45) is 109. The zero-order chi connectivity index (χ0) is 69.0. The number of hydrogen-bond donors (Lipinski definition) is 0. The number of aliphatic carboxylic acids is 1. The second-order valence-electron chi connectivity index (χ2n) is 26.2. The minimum atomic E-state index is -1.63. The molecular formula is C86H141NO8. The van der Waals surface area contributed by atoms with Gasteiger partial charge in [-0.15, -0.1) is 0 Å². The Balaban J connectivity index is 4.11. The van der Waals surface area contributed by atoms with Crippen molar-refractivity contribution in [2.45, 2.75) is 309 Å². The molecule has 0 bridgehead atoms. The zero-order valence-corrected chi connectivity index (χ0v) is 61.5. The summed E-state index contributed by atoms with van der Waals surface area (Å²) in [5.41, 5.74) is 0. The van der Waals surface area contributed by atoms with E-state index in [4.69, 9.17) is 18.9 Å². The van der Waals surface area contributed by atoms with Gasteiger partial charge in [0, 0.05) is 12.8 Å². The summed E-state index contributed by atoms with van der Waals surface area (Å²) in [6, 6.07) is 0. The Hall–Kier alpha value is -5.35. The van der Waals surface area contributed by atoms with Crippen molar-refractivity contribution < 1.29 is 42.9 Å². The summed E-state index contributed by atoms with van der Waals surface area (Å²) in [5, 5.41) is 11.9. The van der Waals surface area contributed by atoms with E-state index in [-0.39, 0.29) is 38.6 Å². The average molecular weight is 1320 g/mol. The summed E-state index contributed by atoms with van der Waals surface area (Å²) in [7, 11) is 5.93. The van der Waals surface area contributed by atoms with E-state index in [1.54, 1.807) is 0 Å². The predicted molar refractivity (Wildman–Crippen MR) is 407 cm³/mol. The first-order valence-corrected chi connectivity index (χ1v) is 38.3. The van der Waals surface area contributed by atoms with Gasteiger partial charge in [-0.05, 0) is 128 Å². The SMILES string of the molecule is CC/C=C\C/C=C\C/C=C\C/C=C\C/C=C\C/C=C\C/C=C\CCCCCCCCCCCCCCCC(=O)OCC(COC(OCC[N+](C)(C)C)C(=O)[O-])OC(=O)CCCCCCCCCCCCCCC/C=C\C/C=C\C/C=C\C/C=C\C/C=C\C/C=C\C/C=C\CC. The molecule has 0 saturated heterocycles. The molecule has 0 aliphatic carbocycles. The Morgan fingerprint density at radius 1 is 0.316 bits per heavy atom. The van der Waals surface area contributed by atoms with Crippen LogP contribution in [-0.4, -0.2) is 82.3 Å². The van der Waals surface area contributed by atoms with Crippen molar-refractivity contribution in [1.82, 2.24) is 0 Å². The van der Waals surface area contributed by atoms with E-state index in [0.717, 1.165) is 128 Å². The van der Waals surface area contributed by atoms with Crippen LogP contribution in [0.15, 0.2) is 170 Å². The highest BCUT2D eigenvalue weighted by Crippen LogP contribution is 2.17. The van der Waals surface area contributed by atoms with Crippen LogP contribution >= 0.6 is 0 Å². The second kappa shape index (κ2) is 74.4. The van der Waals surface area contributed by atoms with Gasteiger partial charge < -0.3 is 33.3 Å². The van der Waals surface area contributed by atoms with Gasteiger partial charge >= 0.3 is 11.9 Å². The highest BCUT2D eigenvalue weighted by molar-refractivity contribution is 5.70. The third-order valence-electron chi connectivity index (χ3n) is 16.0. The molecule has 0 amide bonds. The van der Waals surface area contributed by atoms with E-state index in [9.17, 15) is 19.5 Å². The summed E-state index contributed by atoms with van der Waals surface area (Å²) in [5.74, 6) is -2.29. The number of carbonyl (C=O) groups is 3. The third-order valence-corrected chi connectivity index (χ3v) is 16.0. The number of hydrogen-bond acceptors (Lipinski definition) is 8. The lowest BCUT2D eigenvalue weighted by Crippen LogP contribution is -2.44. The van der Waals surface area contributed by atoms with E-state index in [2.05, 4.69) is 184 Å². The van der Waals surface area contributed by atoms with Crippen LogP contribution in [0.5, 0.6) is 0 Å². The molecule has 2 atom stereocenters. The van der Waals surface area contributed by atoms with Crippen LogP contribution in [0.1, 0.15) is 296 Å². The van der Waals surface area contributed by atoms with Gasteiger partial charge in [0.1, 0.15) is 13.2 Å². The minimum Gasteiger partial charge on any atom is -0.545 e. The molecule has 0 fully saturated rings. The Labute approximate surface area is 584 Å². The van der Waals surface area contributed by atoms with Crippen LogP contribution in [0.4, 0.5) is 0 Å². The van der Waals surface area contributed by atoms with Gasteiger partial charge in [-0.3, -0.25) is 9.59 Å². The van der Waals surface area contributed by atoms with Gasteiger partial charge in [0.25, 0.3) is 0 Å². The number of quaternary nitrogens is 1. The Morgan fingerprint density at radius 2 is 0.568 bits per heavy atom. The number of allylic oxidation sites excluding steroid dienone is 28. The van der Waals surface area contributed by atoms with Gasteiger partial charge in [0.2, 0.25) is 0 Å². The van der Waals surface area contributed by atoms with Crippen molar-refractivity contribution in [2.75, 3.05) is 47.5 Å². The van der Waals surface area contributed by atoms with Gasteiger partial charge in [-0.1, -0.05) is 325 Å². The molecule has 0 heterocycles. The molecule has 95 heavy (non-hydrogen) atoms. The topological polar surface area (TPSA) is 111 Å². The number of unbranched alkanes of at least 4 members (excludes halogenated alkanes) is 26. The molecule has 0 aromatic carbocycles. The number of rotatable bonds is 69. The van der Waals surface area contributed by atoms with Crippen molar-refractivity contribution in [3.8, 4) is 0 Å². The van der Waals surface area contributed by atoms with Crippen LogP contribution in [-0.2, 0) is 33.3 Å². The van der Waals surface area contributed by atoms with E-state index in [0.29, 0.717) is 17.4 Å². The largest absolute Gasteiger partial charge is 0.545 e. The fourth-order valence-electron chi connectivity index (χ4n) is 10.2. The summed E-state index contributed by atoms with van der Waals surface area (Å²) >= 11 is 0. The van der Waals surface area contributed by atoms with E-state index in [1.165, 1.54) is 135 Å². The molecule has 0 spiro atoms. The maximum absolute atomic E-state index is 13.0. The molecule has 9 heteroatoms. The number of carboxylic acids is 1.